The number of aromatic nitrogens is 5. The second-order valence-electron chi connectivity index (χ2n) is 15.4. The summed E-state index contributed by atoms with van der Waals surface area (Å²) >= 11 is 0. The molecule has 3 fully saturated rings. The molecule has 1 saturated heterocycles. The lowest BCUT2D eigenvalue weighted by molar-refractivity contribution is -0.126. The molecule has 2 aliphatic carbocycles. The van der Waals surface area contributed by atoms with E-state index in [0.717, 1.165) is 94.6 Å². The van der Waals surface area contributed by atoms with Crippen molar-refractivity contribution in [2.45, 2.75) is 89.1 Å². The number of aryl methyl sites for hydroxylation is 1. The molecule has 60 heavy (non-hydrogen) atoms. The number of imidazole rings is 2. The first-order valence-electron chi connectivity index (χ1n) is 21.1. The monoisotopic (exact) mass is 823 g/mol. The number of ether oxygens (including phenoxy) is 2. The minimum atomic E-state index is -0.623. The summed E-state index contributed by atoms with van der Waals surface area (Å²) in [7, 11) is 6.57. The number of rotatable bonds is 14. The fourth-order valence-electron chi connectivity index (χ4n) is 7.09. The Kier molecular flexibility index (Phi) is 18.0. The third kappa shape index (κ3) is 13.2. The predicted molar refractivity (Wildman–Crippen MR) is 233 cm³/mol. The number of alkyl carbamates (subject to hydrolysis) is 1. The van der Waals surface area contributed by atoms with Crippen LogP contribution < -0.4 is 16.0 Å². The topological polar surface area (TPSA) is 196 Å². The van der Waals surface area contributed by atoms with Crippen LogP contribution in [0.3, 0.4) is 0 Å². The third-order valence-corrected chi connectivity index (χ3v) is 11.3. The lowest BCUT2D eigenvalue weighted by Gasteiger charge is -2.29. The number of carbonyl (C=O) groups excluding carboxylic acids is 4. The van der Waals surface area contributed by atoms with Crippen LogP contribution in [0.4, 0.5) is 4.79 Å². The van der Waals surface area contributed by atoms with E-state index in [1.807, 2.05) is 13.2 Å². The van der Waals surface area contributed by atoms with Crippen molar-refractivity contribution in [1.82, 2.24) is 45.8 Å². The van der Waals surface area contributed by atoms with Crippen LogP contribution in [0, 0.1) is 5.92 Å². The number of amides is 2. The van der Waals surface area contributed by atoms with Gasteiger partial charge in [0.1, 0.15) is 17.9 Å². The van der Waals surface area contributed by atoms with Gasteiger partial charge in [0, 0.05) is 24.1 Å². The van der Waals surface area contributed by atoms with Crippen LogP contribution in [-0.2, 0) is 30.3 Å². The largest absolute Gasteiger partial charge is 0.471 e. The maximum atomic E-state index is 11.7. The first-order valence-corrected chi connectivity index (χ1v) is 21.1. The summed E-state index contributed by atoms with van der Waals surface area (Å²) in [4.78, 5) is 65.6. The Bertz CT molecular complexity index is 2120. The first kappa shape index (κ1) is 45.4. The van der Waals surface area contributed by atoms with Crippen molar-refractivity contribution >= 4 is 46.7 Å². The van der Waals surface area contributed by atoms with E-state index in [1.165, 1.54) is 65.6 Å². The number of likely N-dealkylation sites (tertiary alicyclic amines) is 1. The Hall–Kier alpha value is -5.67. The van der Waals surface area contributed by atoms with Crippen LogP contribution in [0.5, 0.6) is 0 Å². The summed E-state index contributed by atoms with van der Waals surface area (Å²) in [5.74, 6) is 2.30. The molecule has 2 aromatic carbocycles. The van der Waals surface area contributed by atoms with Crippen molar-refractivity contribution in [3.05, 3.63) is 66.4 Å². The zero-order valence-electron chi connectivity index (χ0n) is 35.4. The van der Waals surface area contributed by atoms with Crippen molar-refractivity contribution < 1.29 is 28.7 Å². The number of nitrogens with zero attached hydrogens (tertiary/aromatic N) is 4. The van der Waals surface area contributed by atoms with Crippen molar-refractivity contribution in [3.8, 4) is 22.5 Å². The number of methoxy groups -OCH3 is 2. The summed E-state index contributed by atoms with van der Waals surface area (Å²) in [6.07, 6.45) is 16.8. The number of H-pyrrole nitrogens is 2. The van der Waals surface area contributed by atoms with E-state index in [-0.39, 0.29) is 18.5 Å². The van der Waals surface area contributed by atoms with Crippen molar-refractivity contribution in [1.29, 1.82) is 0 Å². The molecule has 2 amide bonds. The maximum Gasteiger partial charge on any atom is 0.407 e. The molecule has 15 heteroatoms. The van der Waals surface area contributed by atoms with E-state index in [1.54, 1.807) is 0 Å². The molecule has 1 aliphatic heterocycles. The average Bonchev–Trinajstić information content (AvgIpc) is 4.00. The highest BCUT2D eigenvalue weighted by Gasteiger charge is 2.26. The molecule has 3 aliphatic rings. The highest BCUT2D eigenvalue weighted by atomic mass is 16.5. The average molecular weight is 824 g/mol. The van der Waals surface area contributed by atoms with E-state index in [0.29, 0.717) is 25.0 Å². The number of likely N-dealkylation sites (N-methyl/N-ethyl adjacent to an activating group) is 1. The maximum absolute atomic E-state index is 11.7. The standard InChI is InChI=1S/C32H36N8O3.C7H13NO.C4H8.C2H4O2/c1-40-15-5-6-27(40)31-38-25-13-12-24(37-30(25)39-31)22-10-8-21-17-23(11-9-20(21)16-22)26-18-34-28(36-26)7-3-4-14-33-29(41)19-35-32(42)43-2;1-8-7(5-9)6-3-2-4-6;1-2-4-3-1;1-4-2-3/h8-13,16-18,27H,3-7,14-15,19H2,1-2H3,(H,33,41)(H,34,36)(H,35,42)(H,37,38,39);5-8H,2-4H2,1H3;1-4H2;2H,1H3. The minimum absolute atomic E-state index is 0.0989. The van der Waals surface area contributed by atoms with Gasteiger partial charge in [-0.3, -0.25) is 14.5 Å². The lowest BCUT2D eigenvalue weighted by atomic mass is 9.80. The SMILES string of the molecule is C1CCC1.CNC(C=O)C1CCC1.COC(=O)NCC(=O)NCCCCc1ncc(-c2ccc3cc(-c4ccc5[nH]c(C6CCCN6C)nc5n4)ccc3c2)[nH]1.COC=O. The van der Waals surface area contributed by atoms with E-state index in [4.69, 9.17) is 14.8 Å². The lowest BCUT2D eigenvalue weighted by Crippen LogP contribution is -2.38. The Morgan fingerprint density at radius 1 is 0.883 bits per heavy atom. The molecule has 5 aromatic rings. The van der Waals surface area contributed by atoms with Gasteiger partial charge < -0.3 is 40.2 Å². The molecule has 322 valence electrons. The van der Waals surface area contributed by atoms with E-state index in [2.05, 4.69) is 101 Å². The molecule has 0 spiro atoms. The molecule has 15 nitrogen and oxygen atoms in total. The third-order valence-electron chi connectivity index (χ3n) is 11.3. The molecule has 8 rings (SSSR count). The minimum Gasteiger partial charge on any atom is -0.471 e. The number of hydrogen-bond acceptors (Lipinski definition) is 11. The molecule has 5 N–H and O–H groups in total. The van der Waals surface area contributed by atoms with Gasteiger partial charge in [0.05, 0.1) is 55.9 Å². The van der Waals surface area contributed by atoms with Crippen LogP contribution in [0.2, 0.25) is 0 Å². The van der Waals surface area contributed by atoms with E-state index < -0.39 is 6.09 Å². The first-order chi connectivity index (χ1) is 29.3. The summed E-state index contributed by atoms with van der Waals surface area (Å²) in [5.41, 5.74) is 5.75. The van der Waals surface area contributed by atoms with Gasteiger partial charge in [-0.05, 0) is 100 Å². The van der Waals surface area contributed by atoms with Crippen LogP contribution in [0.1, 0.15) is 88.3 Å². The van der Waals surface area contributed by atoms with Crippen LogP contribution in [0.25, 0.3) is 44.5 Å². The highest BCUT2D eigenvalue weighted by molar-refractivity contribution is 5.90. The van der Waals surface area contributed by atoms with Crippen LogP contribution in [-0.4, -0.2) is 109 Å². The van der Waals surface area contributed by atoms with Gasteiger partial charge in [0.2, 0.25) is 5.91 Å². The predicted octanol–water partition coefficient (Wildman–Crippen LogP) is 6.65. The number of pyridine rings is 1. The fraction of sp³-hybridized carbons (Fsp3) is 0.489. The molecule has 2 atom stereocenters. The van der Waals surface area contributed by atoms with Gasteiger partial charge in [-0.1, -0.05) is 56.4 Å². The summed E-state index contributed by atoms with van der Waals surface area (Å²) in [6, 6.07) is 17.4. The second kappa shape index (κ2) is 23.8. The van der Waals surface area contributed by atoms with Crippen molar-refractivity contribution in [2.24, 2.45) is 5.92 Å². The molecule has 4 heterocycles. The van der Waals surface area contributed by atoms with Gasteiger partial charge in [0.25, 0.3) is 6.47 Å². The Balaban J connectivity index is 0.000000333. The Labute approximate surface area is 352 Å². The smallest absolute Gasteiger partial charge is 0.407 e. The zero-order valence-corrected chi connectivity index (χ0v) is 35.4. The quantitative estimate of drug-likeness (QED) is 0.0594. The van der Waals surface area contributed by atoms with Gasteiger partial charge in [-0.15, -0.1) is 0 Å². The number of aromatic amines is 2. The van der Waals surface area contributed by atoms with E-state index in [9.17, 15) is 14.4 Å². The second-order valence-corrected chi connectivity index (χ2v) is 15.4. The number of carbonyl (C=O) groups is 4. The summed E-state index contributed by atoms with van der Waals surface area (Å²) in [6.45, 7) is 1.91. The van der Waals surface area contributed by atoms with Gasteiger partial charge in [-0.2, -0.15) is 0 Å². The molecular weight excluding hydrogens is 763 g/mol. The number of aldehydes is 1. The Morgan fingerprint density at radius 3 is 2.18 bits per heavy atom. The van der Waals surface area contributed by atoms with Crippen molar-refractivity contribution in [3.63, 3.8) is 0 Å². The fourth-order valence-corrected chi connectivity index (χ4v) is 7.09. The van der Waals surface area contributed by atoms with Crippen molar-refractivity contribution in [2.75, 3.05) is 47.9 Å². The summed E-state index contributed by atoms with van der Waals surface area (Å²) < 4.78 is 8.31. The van der Waals surface area contributed by atoms with Gasteiger partial charge in [-0.25, -0.2) is 19.7 Å². The van der Waals surface area contributed by atoms with E-state index >= 15 is 0 Å². The number of fused-ring (bicyclic) bond motifs is 2. The Morgan fingerprint density at radius 2 is 1.60 bits per heavy atom. The molecular formula is C45H61N9O6. The molecule has 3 aromatic heterocycles. The number of hydrogen-bond donors (Lipinski definition) is 5. The number of benzene rings is 2. The van der Waals surface area contributed by atoms with Gasteiger partial charge >= 0.3 is 6.09 Å². The normalized spacial score (nSPS) is 16.3. The zero-order chi connectivity index (χ0) is 42.7. The molecule has 2 saturated carbocycles. The van der Waals surface area contributed by atoms with Gasteiger partial charge in [0.15, 0.2) is 5.65 Å². The molecule has 2 unspecified atom stereocenters. The van der Waals surface area contributed by atoms with Crippen LogP contribution in [0.15, 0.2) is 54.7 Å². The van der Waals surface area contributed by atoms with Crippen LogP contribution >= 0.6 is 0 Å². The molecule has 0 bridgehead atoms. The molecule has 0 radical (unpaired) electrons. The summed E-state index contributed by atoms with van der Waals surface area (Å²) in [5, 5.41) is 10.4. The highest BCUT2D eigenvalue weighted by Crippen LogP contribution is 2.32. The number of nitrogens with one attached hydrogen (secondary N) is 5. The number of unbranched alkanes of at least 4 members (excludes halogenated alkanes) is 1.